The van der Waals surface area contributed by atoms with E-state index in [0.29, 0.717) is 12.8 Å². The second-order valence-electron chi connectivity index (χ2n) is 4.76. The van der Waals surface area contributed by atoms with E-state index in [-0.39, 0.29) is 16.8 Å². The Balaban J connectivity index is 1.84. The lowest BCUT2D eigenvalue weighted by molar-refractivity contribution is -0.120. The maximum absolute atomic E-state index is 11.8. The average molecular weight is 331 g/mol. The van der Waals surface area contributed by atoms with Gasteiger partial charge in [0.1, 0.15) is 0 Å². The predicted molar refractivity (Wildman–Crippen MR) is 91.2 cm³/mol. The number of furan rings is 1. The lowest BCUT2D eigenvalue weighted by atomic mass is 10.1. The molecule has 0 saturated heterocycles. The second-order valence-corrected chi connectivity index (χ2v) is 5.16. The normalized spacial score (nSPS) is 9.96. The first kappa shape index (κ1) is 16.7. The fourth-order valence-electron chi connectivity index (χ4n) is 1.87. The Labute approximate surface area is 139 Å². The fraction of sp³-hybridized carbons (Fsp3) is 0.188. The molecule has 1 heterocycles. The van der Waals surface area contributed by atoms with E-state index in [9.17, 15) is 9.59 Å². The molecule has 7 heteroatoms. The number of carbonyl (C=O) groups excluding carboxylic acids is 2. The molecule has 0 spiro atoms. The largest absolute Gasteiger partial charge is 0.459 e. The average Bonchev–Trinajstić information content (AvgIpc) is 3.08. The highest BCUT2D eigenvalue weighted by Crippen LogP contribution is 2.11. The molecule has 1 aromatic carbocycles. The van der Waals surface area contributed by atoms with Gasteiger partial charge >= 0.3 is 0 Å². The van der Waals surface area contributed by atoms with E-state index in [4.69, 9.17) is 16.6 Å². The van der Waals surface area contributed by atoms with Gasteiger partial charge in [0.15, 0.2) is 10.9 Å². The van der Waals surface area contributed by atoms with Crippen LogP contribution in [0.1, 0.15) is 22.5 Å². The molecule has 0 radical (unpaired) electrons. The van der Waals surface area contributed by atoms with Crippen LogP contribution in [0.5, 0.6) is 0 Å². The molecule has 23 heavy (non-hydrogen) atoms. The summed E-state index contributed by atoms with van der Waals surface area (Å²) < 4.78 is 4.99. The third-order valence-electron chi connectivity index (χ3n) is 3.10. The third-order valence-corrected chi connectivity index (χ3v) is 3.31. The maximum Gasteiger partial charge on any atom is 0.293 e. The van der Waals surface area contributed by atoms with Crippen LogP contribution in [0.4, 0.5) is 5.69 Å². The summed E-state index contributed by atoms with van der Waals surface area (Å²) >= 11 is 5.08. The Morgan fingerprint density at radius 3 is 2.52 bits per heavy atom. The van der Waals surface area contributed by atoms with Gasteiger partial charge in [-0.05, 0) is 48.5 Å². The molecule has 2 rings (SSSR count). The Kier molecular flexibility index (Phi) is 5.87. The number of rotatable bonds is 5. The number of anilines is 1. The fourth-order valence-corrected chi connectivity index (χ4v) is 2.08. The summed E-state index contributed by atoms with van der Waals surface area (Å²) in [5.41, 5.74) is 1.79. The molecule has 0 saturated carbocycles. The molecule has 2 aromatic rings. The number of benzene rings is 1. The molecule has 0 atom stereocenters. The van der Waals surface area contributed by atoms with Crippen molar-refractivity contribution in [2.24, 2.45) is 0 Å². The first-order valence-electron chi connectivity index (χ1n) is 7.04. The van der Waals surface area contributed by atoms with Crippen molar-refractivity contribution in [1.29, 1.82) is 0 Å². The molecule has 0 aliphatic carbocycles. The van der Waals surface area contributed by atoms with Crippen LogP contribution in [0.2, 0.25) is 0 Å². The summed E-state index contributed by atoms with van der Waals surface area (Å²) in [6, 6.07) is 10.7. The van der Waals surface area contributed by atoms with Crippen LogP contribution in [0.15, 0.2) is 47.1 Å². The Hall–Kier alpha value is -2.67. The van der Waals surface area contributed by atoms with E-state index in [1.165, 1.54) is 6.26 Å². The van der Waals surface area contributed by atoms with Gasteiger partial charge in [0.05, 0.1) is 6.26 Å². The first-order valence-corrected chi connectivity index (χ1v) is 7.44. The predicted octanol–water partition coefficient (Wildman–Crippen LogP) is 2.08. The topological polar surface area (TPSA) is 83.4 Å². The number of amides is 2. The number of thiocarbonyl (C=S) groups is 1. The van der Waals surface area contributed by atoms with Crippen LogP contribution in [-0.2, 0) is 11.2 Å². The Morgan fingerprint density at radius 1 is 1.17 bits per heavy atom. The van der Waals surface area contributed by atoms with Gasteiger partial charge in [0, 0.05) is 19.2 Å². The van der Waals surface area contributed by atoms with Crippen molar-refractivity contribution in [1.82, 2.24) is 10.6 Å². The van der Waals surface area contributed by atoms with E-state index in [1.807, 2.05) is 24.3 Å². The zero-order valence-corrected chi connectivity index (χ0v) is 13.4. The summed E-state index contributed by atoms with van der Waals surface area (Å²) in [6.07, 6.45) is 2.53. The summed E-state index contributed by atoms with van der Waals surface area (Å²) in [7, 11) is 1.62. The monoisotopic (exact) mass is 331 g/mol. The first-order chi connectivity index (χ1) is 11.1. The third kappa shape index (κ3) is 5.23. The number of carbonyl (C=O) groups is 2. The molecule has 120 valence electrons. The van der Waals surface area contributed by atoms with Crippen LogP contribution in [0.3, 0.4) is 0 Å². The maximum atomic E-state index is 11.8. The summed E-state index contributed by atoms with van der Waals surface area (Å²) in [6.45, 7) is 0. The van der Waals surface area contributed by atoms with Gasteiger partial charge in [-0.15, -0.1) is 0 Å². The molecule has 6 nitrogen and oxygen atoms in total. The van der Waals surface area contributed by atoms with Crippen molar-refractivity contribution in [3.63, 3.8) is 0 Å². The summed E-state index contributed by atoms with van der Waals surface area (Å²) in [4.78, 5) is 23.0. The summed E-state index contributed by atoms with van der Waals surface area (Å²) in [5.74, 6) is -0.206. The number of aryl methyl sites for hydroxylation is 1. The molecule has 0 bridgehead atoms. The van der Waals surface area contributed by atoms with Gasteiger partial charge in [0.25, 0.3) is 5.91 Å². The standard InChI is InChI=1S/C16H17N3O3S/c1-17-14(20)9-6-11-4-7-12(8-5-11)18-16(23)19-15(21)13-3-2-10-22-13/h2-5,7-8,10H,6,9H2,1H3,(H,17,20)(H2,18,19,21,23). The SMILES string of the molecule is CNC(=O)CCc1ccc(NC(=S)NC(=O)c2ccco2)cc1. The molecule has 0 fully saturated rings. The Morgan fingerprint density at radius 2 is 1.91 bits per heavy atom. The lowest BCUT2D eigenvalue weighted by Crippen LogP contribution is -2.33. The van der Waals surface area contributed by atoms with Crippen LogP contribution in [0, 0.1) is 0 Å². The summed E-state index contributed by atoms with van der Waals surface area (Å²) in [5, 5.41) is 8.22. The quantitative estimate of drug-likeness (QED) is 0.731. The van der Waals surface area contributed by atoms with Crippen molar-refractivity contribution in [3.8, 4) is 0 Å². The van der Waals surface area contributed by atoms with Crippen LogP contribution >= 0.6 is 12.2 Å². The highest BCUT2D eigenvalue weighted by atomic mass is 32.1. The second kappa shape index (κ2) is 8.09. The van der Waals surface area contributed by atoms with Gasteiger partial charge in [0.2, 0.25) is 5.91 Å². The van der Waals surface area contributed by atoms with E-state index in [0.717, 1.165) is 11.3 Å². The number of nitrogens with one attached hydrogen (secondary N) is 3. The minimum atomic E-state index is -0.408. The molecule has 3 N–H and O–H groups in total. The number of hydrogen-bond acceptors (Lipinski definition) is 4. The van der Waals surface area contributed by atoms with Crippen molar-refractivity contribution >= 4 is 34.8 Å². The smallest absolute Gasteiger partial charge is 0.293 e. The van der Waals surface area contributed by atoms with Crippen LogP contribution in [0.25, 0.3) is 0 Å². The van der Waals surface area contributed by atoms with Crippen molar-refractivity contribution in [2.75, 3.05) is 12.4 Å². The van der Waals surface area contributed by atoms with Gasteiger partial charge in [-0.25, -0.2) is 0 Å². The molecular formula is C16H17N3O3S. The zero-order chi connectivity index (χ0) is 16.7. The van der Waals surface area contributed by atoms with E-state index < -0.39 is 5.91 Å². The zero-order valence-electron chi connectivity index (χ0n) is 12.6. The number of hydrogen-bond donors (Lipinski definition) is 3. The lowest BCUT2D eigenvalue weighted by Gasteiger charge is -2.09. The minimum absolute atomic E-state index is 0.00835. The molecule has 0 aliphatic rings. The van der Waals surface area contributed by atoms with Gasteiger partial charge in [-0.3, -0.25) is 14.9 Å². The van der Waals surface area contributed by atoms with Crippen molar-refractivity contribution in [3.05, 3.63) is 54.0 Å². The van der Waals surface area contributed by atoms with Crippen molar-refractivity contribution in [2.45, 2.75) is 12.8 Å². The van der Waals surface area contributed by atoms with E-state index in [2.05, 4.69) is 16.0 Å². The highest BCUT2D eigenvalue weighted by Gasteiger charge is 2.10. The molecule has 2 amide bonds. The van der Waals surface area contributed by atoms with Crippen LogP contribution in [-0.4, -0.2) is 24.0 Å². The van der Waals surface area contributed by atoms with Crippen LogP contribution < -0.4 is 16.0 Å². The molecule has 0 unspecified atom stereocenters. The molecule has 0 aliphatic heterocycles. The van der Waals surface area contributed by atoms with Gasteiger partial charge in [-0.1, -0.05) is 12.1 Å². The van der Waals surface area contributed by atoms with Crippen molar-refractivity contribution < 1.29 is 14.0 Å². The van der Waals surface area contributed by atoms with Gasteiger partial charge < -0.3 is 15.1 Å². The Bertz CT molecular complexity index is 681. The molecular weight excluding hydrogens is 314 g/mol. The highest BCUT2D eigenvalue weighted by molar-refractivity contribution is 7.80. The molecule has 1 aromatic heterocycles. The van der Waals surface area contributed by atoms with E-state index in [1.54, 1.807) is 19.2 Å². The van der Waals surface area contributed by atoms with E-state index >= 15 is 0 Å². The van der Waals surface area contributed by atoms with Gasteiger partial charge in [-0.2, -0.15) is 0 Å². The minimum Gasteiger partial charge on any atom is -0.459 e.